The summed E-state index contributed by atoms with van der Waals surface area (Å²) >= 11 is 3.13. The van der Waals surface area contributed by atoms with Gasteiger partial charge in [0.05, 0.1) is 15.7 Å². The minimum atomic E-state index is -3.44. The first-order valence-corrected chi connectivity index (χ1v) is 9.03. The van der Waals surface area contributed by atoms with Crippen molar-refractivity contribution < 1.29 is 18.3 Å². The van der Waals surface area contributed by atoms with Crippen LogP contribution in [0.3, 0.4) is 0 Å². The molecule has 0 radical (unpaired) electrons. The maximum Gasteiger partial charge on any atom is 0.336 e. The SMILES string of the molecule is O=C(O)c1cc(S(=O)(=O)C2CCCCCC2)ccc1Br. The predicted molar refractivity (Wildman–Crippen MR) is 79.8 cm³/mol. The lowest BCUT2D eigenvalue weighted by Gasteiger charge is -2.15. The van der Waals surface area contributed by atoms with Gasteiger partial charge in [-0.05, 0) is 47.0 Å². The van der Waals surface area contributed by atoms with Gasteiger partial charge in [-0.15, -0.1) is 0 Å². The Hall–Kier alpha value is -0.880. The minimum Gasteiger partial charge on any atom is -0.478 e. The lowest BCUT2D eigenvalue weighted by Crippen LogP contribution is -2.21. The molecule has 110 valence electrons. The Morgan fingerprint density at radius 1 is 1.15 bits per heavy atom. The fraction of sp³-hybridized carbons (Fsp3) is 0.500. The molecule has 1 aliphatic rings. The van der Waals surface area contributed by atoms with E-state index in [2.05, 4.69) is 15.9 Å². The van der Waals surface area contributed by atoms with Gasteiger partial charge >= 0.3 is 5.97 Å². The van der Waals surface area contributed by atoms with E-state index in [1.165, 1.54) is 18.2 Å². The van der Waals surface area contributed by atoms with Crippen LogP contribution in [0.4, 0.5) is 0 Å². The molecular weight excluding hydrogens is 344 g/mol. The summed E-state index contributed by atoms with van der Waals surface area (Å²) in [5, 5.41) is 8.70. The number of carboxylic acids is 1. The fourth-order valence-corrected chi connectivity index (χ4v) is 4.88. The Bertz CT molecular complexity index is 602. The highest BCUT2D eigenvalue weighted by atomic mass is 79.9. The van der Waals surface area contributed by atoms with Gasteiger partial charge in [0.25, 0.3) is 0 Å². The standard InChI is InChI=1S/C14H17BrO4S/c15-13-8-7-11(9-12(13)14(16)17)20(18,19)10-5-3-1-2-4-6-10/h7-10H,1-6H2,(H,16,17). The van der Waals surface area contributed by atoms with E-state index in [0.717, 1.165) is 25.7 Å². The van der Waals surface area contributed by atoms with E-state index in [1.54, 1.807) is 0 Å². The van der Waals surface area contributed by atoms with E-state index in [1.807, 2.05) is 0 Å². The number of halogens is 1. The zero-order chi connectivity index (χ0) is 14.8. The highest BCUT2D eigenvalue weighted by molar-refractivity contribution is 9.10. The van der Waals surface area contributed by atoms with E-state index in [-0.39, 0.29) is 15.7 Å². The van der Waals surface area contributed by atoms with Gasteiger partial charge in [-0.3, -0.25) is 0 Å². The molecule has 6 heteroatoms. The summed E-state index contributed by atoms with van der Waals surface area (Å²) in [5.74, 6) is -1.13. The number of carbonyl (C=O) groups is 1. The molecule has 1 aromatic rings. The van der Waals surface area contributed by atoms with Crippen LogP contribution in [-0.2, 0) is 9.84 Å². The summed E-state index contributed by atoms with van der Waals surface area (Å²) in [4.78, 5) is 11.2. The maximum absolute atomic E-state index is 12.6. The van der Waals surface area contributed by atoms with Crippen molar-refractivity contribution >= 4 is 31.7 Å². The van der Waals surface area contributed by atoms with Gasteiger partial charge in [-0.2, -0.15) is 0 Å². The number of hydrogen-bond acceptors (Lipinski definition) is 3. The molecule has 1 fully saturated rings. The number of aromatic carboxylic acids is 1. The summed E-state index contributed by atoms with van der Waals surface area (Å²) in [6.07, 6.45) is 5.33. The van der Waals surface area contributed by atoms with Gasteiger partial charge in [-0.25, -0.2) is 13.2 Å². The monoisotopic (exact) mass is 360 g/mol. The van der Waals surface area contributed by atoms with Crippen LogP contribution in [-0.4, -0.2) is 24.7 Å². The summed E-state index contributed by atoms with van der Waals surface area (Å²) in [6, 6.07) is 4.23. The van der Waals surface area contributed by atoms with Crippen LogP contribution in [0.15, 0.2) is 27.6 Å². The fourth-order valence-electron chi connectivity index (χ4n) is 2.59. The van der Waals surface area contributed by atoms with Crippen LogP contribution in [0, 0.1) is 0 Å². The Morgan fingerprint density at radius 2 is 1.75 bits per heavy atom. The van der Waals surface area contributed by atoms with Crippen molar-refractivity contribution in [1.29, 1.82) is 0 Å². The summed E-state index contributed by atoms with van der Waals surface area (Å²) in [7, 11) is -3.44. The van der Waals surface area contributed by atoms with Gasteiger partial charge < -0.3 is 5.11 Å². The van der Waals surface area contributed by atoms with Crippen molar-refractivity contribution in [2.75, 3.05) is 0 Å². The third-order valence-electron chi connectivity index (χ3n) is 3.74. The van der Waals surface area contributed by atoms with Crippen LogP contribution in [0.5, 0.6) is 0 Å². The van der Waals surface area contributed by atoms with Crippen LogP contribution >= 0.6 is 15.9 Å². The molecule has 1 aliphatic carbocycles. The molecule has 0 amide bonds. The van der Waals surface area contributed by atoms with Gasteiger partial charge in [0, 0.05) is 4.47 Å². The molecule has 0 aromatic heterocycles. The molecule has 1 aromatic carbocycles. The molecule has 20 heavy (non-hydrogen) atoms. The van der Waals surface area contributed by atoms with Crippen LogP contribution in [0.2, 0.25) is 0 Å². The average molecular weight is 361 g/mol. The minimum absolute atomic E-state index is 0.0142. The van der Waals surface area contributed by atoms with E-state index in [4.69, 9.17) is 5.11 Å². The Labute approximate surface area is 127 Å². The molecule has 4 nitrogen and oxygen atoms in total. The maximum atomic E-state index is 12.6. The Morgan fingerprint density at radius 3 is 2.30 bits per heavy atom. The molecule has 0 bridgehead atoms. The van der Waals surface area contributed by atoms with Gasteiger partial charge in [0.1, 0.15) is 0 Å². The zero-order valence-corrected chi connectivity index (χ0v) is 13.4. The lowest BCUT2D eigenvalue weighted by molar-refractivity contribution is 0.0695. The van der Waals surface area contributed by atoms with Crippen molar-refractivity contribution in [3.05, 3.63) is 28.2 Å². The smallest absolute Gasteiger partial charge is 0.336 e. The van der Waals surface area contributed by atoms with Crippen LogP contribution in [0.25, 0.3) is 0 Å². The third kappa shape index (κ3) is 3.23. The van der Waals surface area contributed by atoms with E-state index in [9.17, 15) is 13.2 Å². The average Bonchev–Trinajstić information content (AvgIpc) is 2.67. The molecule has 0 saturated heterocycles. The molecule has 0 atom stereocenters. The number of sulfone groups is 1. The van der Waals surface area contributed by atoms with Crippen LogP contribution in [0.1, 0.15) is 48.9 Å². The Kier molecular flexibility index (Phi) is 4.86. The molecular formula is C14H17BrO4S. The van der Waals surface area contributed by atoms with Gasteiger partial charge in [0.2, 0.25) is 0 Å². The number of benzene rings is 1. The van der Waals surface area contributed by atoms with Crippen molar-refractivity contribution in [2.24, 2.45) is 0 Å². The summed E-state index contributed by atoms with van der Waals surface area (Å²) in [6.45, 7) is 0. The van der Waals surface area contributed by atoms with Gasteiger partial charge in [-0.1, -0.05) is 25.7 Å². The summed E-state index contributed by atoms with van der Waals surface area (Å²) in [5.41, 5.74) is -0.0142. The molecule has 1 saturated carbocycles. The van der Waals surface area contributed by atoms with Crippen molar-refractivity contribution in [2.45, 2.75) is 48.7 Å². The first kappa shape index (κ1) is 15.5. The molecule has 2 rings (SSSR count). The second-order valence-electron chi connectivity index (χ2n) is 5.11. The highest BCUT2D eigenvalue weighted by Crippen LogP contribution is 2.29. The van der Waals surface area contributed by atoms with E-state index >= 15 is 0 Å². The largest absolute Gasteiger partial charge is 0.478 e. The van der Waals surface area contributed by atoms with E-state index in [0.29, 0.717) is 17.3 Å². The summed E-state index contributed by atoms with van der Waals surface area (Å²) < 4.78 is 25.6. The lowest BCUT2D eigenvalue weighted by atomic mass is 10.2. The first-order chi connectivity index (χ1) is 9.43. The van der Waals surface area contributed by atoms with E-state index < -0.39 is 15.8 Å². The molecule has 0 heterocycles. The Balaban J connectivity index is 2.38. The van der Waals surface area contributed by atoms with Crippen molar-refractivity contribution in [1.82, 2.24) is 0 Å². The number of carboxylic acid groups (broad SMARTS) is 1. The second-order valence-corrected chi connectivity index (χ2v) is 8.19. The molecule has 0 unspecified atom stereocenters. The van der Waals surface area contributed by atoms with Crippen molar-refractivity contribution in [3.63, 3.8) is 0 Å². The molecule has 0 aliphatic heterocycles. The first-order valence-electron chi connectivity index (χ1n) is 6.69. The number of hydrogen-bond donors (Lipinski definition) is 1. The van der Waals surface area contributed by atoms with Gasteiger partial charge in [0.15, 0.2) is 9.84 Å². The predicted octanol–water partition coefficient (Wildman–Crippen LogP) is 3.64. The highest BCUT2D eigenvalue weighted by Gasteiger charge is 2.29. The second kappa shape index (κ2) is 6.26. The number of rotatable bonds is 3. The van der Waals surface area contributed by atoms with Crippen molar-refractivity contribution in [3.8, 4) is 0 Å². The topological polar surface area (TPSA) is 71.4 Å². The normalized spacial score (nSPS) is 17.6. The zero-order valence-electron chi connectivity index (χ0n) is 11.0. The third-order valence-corrected chi connectivity index (χ3v) is 6.69. The van der Waals surface area contributed by atoms with Crippen LogP contribution < -0.4 is 0 Å². The molecule has 1 N–H and O–H groups in total. The molecule has 0 spiro atoms. The quantitative estimate of drug-likeness (QED) is 0.835.